The van der Waals surface area contributed by atoms with Crippen molar-refractivity contribution in [3.8, 4) is 0 Å². The molecule has 0 amide bonds. The molecule has 4 rings (SSSR count). The van der Waals surface area contributed by atoms with Gasteiger partial charge in [0.2, 0.25) is 5.89 Å². The summed E-state index contributed by atoms with van der Waals surface area (Å²) in [5.74, 6) is 1.53. The van der Waals surface area contributed by atoms with Crippen LogP contribution in [0, 0.1) is 0 Å². The van der Waals surface area contributed by atoms with E-state index in [0.29, 0.717) is 47.4 Å². The molecule has 10 heteroatoms. The summed E-state index contributed by atoms with van der Waals surface area (Å²) < 4.78 is 10.1. The van der Waals surface area contributed by atoms with Gasteiger partial charge in [0.15, 0.2) is 11.2 Å². The summed E-state index contributed by atoms with van der Waals surface area (Å²) in [5.41, 5.74) is 1.36. The van der Waals surface area contributed by atoms with Crippen molar-refractivity contribution in [3.63, 3.8) is 0 Å². The second-order valence-corrected chi connectivity index (χ2v) is 8.55. The lowest BCUT2D eigenvalue weighted by atomic mass is 9.98. The first-order chi connectivity index (χ1) is 15.0. The summed E-state index contributed by atoms with van der Waals surface area (Å²) in [5, 5.41) is 8.74. The molecule has 3 heterocycles. The largest absolute Gasteiger partial charge is 0.416 e. The lowest BCUT2D eigenvalue weighted by Crippen LogP contribution is -2.39. The van der Waals surface area contributed by atoms with Crippen LogP contribution in [0.15, 0.2) is 55.9 Å². The molecule has 162 valence electrons. The van der Waals surface area contributed by atoms with E-state index >= 15 is 0 Å². The van der Waals surface area contributed by atoms with Gasteiger partial charge in [0.1, 0.15) is 0 Å². The Morgan fingerprint density at radius 3 is 2.68 bits per heavy atom. The van der Waals surface area contributed by atoms with Gasteiger partial charge >= 0.3 is 5.69 Å². The average Bonchev–Trinajstić information content (AvgIpc) is 3.38. The number of aromatic nitrogens is 6. The highest BCUT2D eigenvalue weighted by Gasteiger charge is 2.15. The van der Waals surface area contributed by atoms with Gasteiger partial charge in [-0.1, -0.05) is 49.0 Å². The number of benzene rings is 1. The third-order valence-electron chi connectivity index (χ3n) is 5.25. The lowest BCUT2D eigenvalue weighted by Gasteiger charge is -2.08. The molecule has 0 saturated carbocycles. The number of fused-ring (bicyclic) bond motifs is 1. The van der Waals surface area contributed by atoms with Crippen LogP contribution in [0.3, 0.4) is 0 Å². The molecular weight excluding hydrogens is 416 g/mol. The highest BCUT2D eigenvalue weighted by Crippen LogP contribution is 2.22. The first-order valence-corrected chi connectivity index (χ1v) is 11.0. The molecule has 4 aromatic rings. The van der Waals surface area contributed by atoms with Crippen LogP contribution in [0.5, 0.6) is 0 Å². The first kappa shape index (κ1) is 21.1. The van der Waals surface area contributed by atoms with Crippen LogP contribution in [0.25, 0.3) is 11.2 Å². The van der Waals surface area contributed by atoms with E-state index < -0.39 is 0 Å². The molecule has 31 heavy (non-hydrogen) atoms. The summed E-state index contributed by atoms with van der Waals surface area (Å²) in [6.07, 6.45) is 2.83. The number of hydrogen-bond acceptors (Lipinski definition) is 7. The van der Waals surface area contributed by atoms with Crippen molar-refractivity contribution < 1.29 is 4.42 Å². The quantitative estimate of drug-likeness (QED) is 0.306. The van der Waals surface area contributed by atoms with Gasteiger partial charge in [-0.2, -0.15) is 0 Å². The average molecular weight is 441 g/mol. The molecule has 0 fully saturated rings. The topological polar surface area (TPSA) is 101 Å². The molecule has 1 atom stereocenters. The van der Waals surface area contributed by atoms with Gasteiger partial charge in [-0.15, -0.1) is 10.2 Å². The van der Waals surface area contributed by atoms with Crippen molar-refractivity contribution in [2.24, 2.45) is 14.1 Å². The Hall–Kier alpha value is -3.14. The standard InChI is InChI=1S/C21H24N6O3S/c1-14(15-8-5-4-6-9-15)12-16-23-24-20(30-16)31-11-7-10-27-19(28)17-18(22-13-25(17)2)26(3)21(27)29/h4-6,8-9,13-14H,7,10-12H2,1-3H3. The molecular formula is C21H24N6O3S. The van der Waals surface area contributed by atoms with Crippen LogP contribution in [-0.4, -0.2) is 34.6 Å². The summed E-state index contributed by atoms with van der Waals surface area (Å²) in [6.45, 7) is 2.44. The Morgan fingerprint density at radius 1 is 1.13 bits per heavy atom. The molecule has 1 aromatic carbocycles. The highest BCUT2D eigenvalue weighted by atomic mass is 32.2. The molecule has 0 radical (unpaired) electrons. The van der Waals surface area contributed by atoms with Crippen LogP contribution in [0.2, 0.25) is 0 Å². The zero-order valence-corrected chi connectivity index (χ0v) is 18.5. The normalized spacial score (nSPS) is 12.5. The number of hydrogen-bond donors (Lipinski definition) is 0. The fourth-order valence-corrected chi connectivity index (χ4v) is 4.22. The van der Waals surface area contributed by atoms with Crippen molar-refractivity contribution in [3.05, 3.63) is 69.0 Å². The number of rotatable bonds is 8. The minimum Gasteiger partial charge on any atom is -0.416 e. The molecule has 0 aliphatic rings. The molecule has 0 spiro atoms. The van der Waals surface area contributed by atoms with E-state index in [9.17, 15) is 9.59 Å². The predicted octanol–water partition coefficient (Wildman–Crippen LogP) is 2.35. The first-order valence-electron chi connectivity index (χ1n) is 10.1. The fourth-order valence-electron chi connectivity index (χ4n) is 3.52. The van der Waals surface area contributed by atoms with Crippen LogP contribution in [0.1, 0.15) is 30.7 Å². The summed E-state index contributed by atoms with van der Waals surface area (Å²) in [4.78, 5) is 29.4. The number of nitrogens with zero attached hydrogens (tertiary/aromatic N) is 6. The van der Waals surface area contributed by atoms with E-state index in [2.05, 4.69) is 34.2 Å². The number of imidazole rings is 1. The van der Waals surface area contributed by atoms with Crippen LogP contribution in [0.4, 0.5) is 0 Å². The molecule has 0 N–H and O–H groups in total. The Kier molecular flexibility index (Phi) is 6.08. The van der Waals surface area contributed by atoms with Crippen LogP contribution >= 0.6 is 11.8 Å². The monoisotopic (exact) mass is 440 g/mol. The van der Waals surface area contributed by atoms with Crippen LogP contribution < -0.4 is 11.2 Å². The second kappa shape index (κ2) is 8.93. The van der Waals surface area contributed by atoms with Crippen molar-refractivity contribution in [2.45, 2.75) is 37.5 Å². The Morgan fingerprint density at radius 2 is 1.90 bits per heavy atom. The van der Waals surface area contributed by atoms with Crippen LogP contribution in [-0.2, 0) is 27.1 Å². The van der Waals surface area contributed by atoms with Gasteiger partial charge < -0.3 is 8.98 Å². The molecule has 3 aromatic heterocycles. The molecule has 0 aliphatic heterocycles. The van der Waals surface area contributed by atoms with E-state index in [1.165, 1.54) is 32.8 Å². The van der Waals surface area contributed by atoms with E-state index in [1.54, 1.807) is 18.7 Å². The summed E-state index contributed by atoms with van der Waals surface area (Å²) in [6, 6.07) is 10.2. The molecule has 0 bridgehead atoms. The minimum atomic E-state index is -0.365. The summed E-state index contributed by atoms with van der Waals surface area (Å²) >= 11 is 1.43. The van der Waals surface area contributed by atoms with E-state index in [0.717, 1.165) is 0 Å². The van der Waals surface area contributed by atoms with Crippen molar-refractivity contribution in [1.82, 2.24) is 28.9 Å². The van der Waals surface area contributed by atoms with Gasteiger partial charge in [-0.3, -0.25) is 13.9 Å². The van der Waals surface area contributed by atoms with Crippen molar-refractivity contribution in [2.75, 3.05) is 5.75 Å². The molecule has 0 saturated heterocycles. The van der Waals surface area contributed by atoms with Gasteiger partial charge in [0, 0.05) is 32.8 Å². The maximum atomic E-state index is 12.7. The molecule has 1 unspecified atom stereocenters. The van der Waals surface area contributed by atoms with Gasteiger partial charge in [-0.25, -0.2) is 9.78 Å². The maximum Gasteiger partial charge on any atom is 0.332 e. The van der Waals surface area contributed by atoms with E-state index in [1.807, 2.05) is 18.2 Å². The van der Waals surface area contributed by atoms with E-state index in [-0.39, 0.29) is 17.2 Å². The minimum absolute atomic E-state index is 0.282. The van der Waals surface area contributed by atoms with Gasteiger partial charge in [-0.05, 0) is 17.9 Å². The Balaban J connectivity index is 1.35. The Bertz CT molecular complexity index is 1300. The smallest absolute Gasteiger partial charge is 0.332 e. The van der Waals surface area contributed by atoms with Gasteiger partial charge in [0.25, 0.3) is 10.8 Å². The molecule has 9 nitrogen and oxygen atoms in total. The zero-order valence-electron chi connectivity index (χ0n) is 17.7. The Labute approximate surface area is 182 Å². The third kappa shape index (κ3) is 4.34. The third-order valence-corrected chi connectivity index (χ3v) is 6.16. The lowest BCUT2D eigenvalue weighted by molar-refractivity contribution is 0.404. The summed E-state index contributed by atoms with van der Waals surface area (Å²) in [7, 11) is 3.37. The predicted molar refractivity (Wildman–Crippen MR) is 118 cm³/mol. The van der Waals surface area contributed by atoms with E-state index in [4.69, 9.17) is 4.42 Å². The zero-order chi connectivity index (χ0) is 22.0. The number of aryl methyl sites for hydroxylation is 2. The van der Waals surface area contributed by atoms with Crippen molar-refractivity contribution in [1.29, 1.82) is 0 Å². The number of thioether (sulfide) groups is 1. The van der Waals surface area contributed by atoms with Gasteiger partial charge in [0.05, 0.1) is 6.33 Å². The fraction of sp³-hybridized carbons (Fsp3) is 0.381. The second-order valence-electron chi connectivity index (χ2n) is 7.51. The molecule has 0 aliphatic carbocycles. The maximum absolute atomic E-state index is 12.7. The SMILES string of the molecule is CC(Cc1nnc(SCCCn2c(=O)c3c(ncn3C)n(C)c2=O)o1)c1ccccc1. The van der Waals surface area contributed by atoms with Crippen molar-refractivity contribution >= 4 is 22.9 Å². The highest BCUT2D eigenvalue weighted by molar-refractivity contribution is 7.99.